The number of carbonyl (C=O) groups excluding carboxylic acids is 1. The van der Waals surface area contributed by atoms with Crippen LogP contribution in [0.4, 0.5) is 8.78 Å². The quantitative estimate of drug-likeness (QED) is 0.477. The highest BCUT2D eigenvalue weighted by atomic mass is 19.1. The SMILES string of the molecule is O=C1c2ccc(F)cc2-c2ccc(o2)-c2cc(F)ccc21. The van der Waals surface area contributed by atoms with Gasteiger partial charge in [0.15, 0.2) is 5.78 Å². The molecule has 4 rings (SSSR count). The lowest BCUT2D eigenvalue weighted by Crippen LogP contribution is -2.07. The smallest absolute Gasteiger partial charge is 0.194 e. The second kappa shape index (κ2) is 4.12. The highest BCUT2D eigenvalue weighted by Gasteiger charge is 2.25. The van der Waals surface area contributed by atoms with E-state index in [-0.39, 0.29) is 5.78 Å². The Morgan fingerprint density at radius 1 is 0.667 bits per heavy atom. The summed E-state index contributed by atoms with van der Waals surface area (Å²) in [6.07, 6.45) is 0. The molecule has 2 nitrogen and oxygen atoms in total. The van der Waals surface area contributed by atoms with Gasteiger partial charge in [-0.25, -0.2) is 8.78 Å². The number of carbonyl (C=O) groups is 1. The van der Waals surface area contributed by atoms with Crippen molar-refractivity contribution >= 4 is 5.78 Å². The molecular weight excluding hydrogens is 274 g/mol. The van der Waals surface area contributed by atoms with Gasteiger partial charge in [-0.2, -0.15) is 0 Å². The van der Waals surface area contributed by atoms with Crippen molar-refractivity contribution in [3.05, 3.63) is 71.3 Å². The largest absolute Gasteiger partial charge is 0.456 e. The molecule has 0 fully saturated rings. The normalized spacial score (nSPS) is 12.4. The van der Waals surface area contributed by atoms with Gasteiger partial charge in [0.1, 0.15) is 23.2 Å². The molecule has 0 radical (unpaired) electrons. The number of ketones is 1. The van der Waals surface area contributed by atoms with E-state index in [2.05, 4.69) is 0 Å². The van der Waals surface area contributed by atoms with Gasteiger partial charge in [0.25, 0.3) is 0 Å². The number of furan rings is 1. The van der Waals surface area contributed by atoms with Crippen LogP contribution in [0.25, 0.3) is 22.6 Å². The lowest BCUT2D eigenvalue weighted by molar-refractivity contribution is 0.103. The van der Waals surface area contributed by atoms with Crippen molar-refractivity contribution in [3.63, 3.8) is 0 Å². The number of hydrogen-bond donors (Lipinski definition) is 0. The zero-order chi connectivity index (χ0) is 14.6. The van der Waals surface area contributed by atoms with Crippen LogP contribution in [0.3, 0.4) is 0 Å². The lowest BCUT2D eigenvalue weighted by atomic mass is 9.93. The average Bonchev–Trinajstić information content (AvgIpc) is 2.96. The monoisotopic (exact) mass is 282 g/mol. The zero-order valence-electron chi connectivity index (χ0n) is 10.7. The van der Waals surface area contributed by atoms with Crippen molar-refractivity contribution in [1.82, 2.24) is 0 Å². The van der Waals surface area contributed by atoms with E-state index in [9.17, 15) is 13.6 Å². The first-order valence-corrected chi connectivity index (χ1v) is 6.38. The van der Waals surface area contributed by atoms with E-state index in [4.69, 9.17) is 4.42 Å². The number of hydrogen-bond acceptors (Lipinski definition) is 2. The molecule has 0 aliphatic carbocycles. The van der Waals surface area contributed by atoms with E-state index in [1.807, 2.05) is 0 Å². The highest BCUT2D eigenvalue weighted by Crippen LogP contribution is 2.37. The second-order valence-electron chi connectivity index (χ2n) is 4.87. The maximum Gasteiger partial charge on any atom is 0.194 e. The van der Waals surface area contributed by atoms with E-state index in [1.54, 1.807) is 12.1 Å². The van der Waals surface area contributed by atoms with Crippen LogP contribution in [0, 0.1) is 11.6 Å². The van der Waals surface area contributed by atoms with Crippen molar-refractivity contribution in [2.24, 2.45) is 0 Å². The molecule has 2 heterocycles. The minimum atomic E-state index is -0.445. The molecule has 1 aliphatic rings. The lowest BCUT2D eigenvalue weighted by Gasteiger charge is -2.13. The minimum absolute atomic E-state index is 0.276. The zero-order valence-corrected chi connectivity index (χ0v) is 10.7. The standard InChI is InChI=1S/C17H8F2O2/c18-9-1-3-11-13(7-9)15-5-6-16(21-15)14-8-10(19)2-4-12(14)17(11)20/h1-8H. The molecule has 2 bridgehead atoms. The summed E-state index contributed by atoms with van der Waals surface area (Å²) in [6, 6.07) is 11.1. The van der Waals surface area contributed by atoms with Crippen molar-refractivity contribution in [3.8, 4) is 22.6 Å². The molecular formula is C17H8F2O2. The highest BCUT2D eigenvalue weighted by molar-refractivity contribution is 6.16. The molecule has 0 atom stereocenters. The van der Waals surface area contributed by atoms with Gasteiger partial charge < -0.3 is 4.42 Å². The number of halogens is 2. The Kier molecular flexibility index (Phi) is 2.36. The molecule has 21 heavy (non-hydrogen) atoms. The molecule has 3 aromatic rings. The third-order valence-electron chi connectivity index (χ3n) is 3.59. The molecule has 0 saturated carbocycles. The fraction of sp³-hybridized carbons (Fsp3) is 0. The molecule has 0 unspecified atom stereocenters. The van der Waals surface area contributed by atoms with Crippen LogP contribution >= 0.6 is 0 Å². The Morgan fingerprint density at radius 2 is 1.14 bits per heavy atom. The third kappa shape index (κ3) is 1.72. The molecule has 1 aromatic heterocycles. The Labute approximate surface area is 118 Å². The van der Waals surface area contributed by atoms with E-state index < -0.39 is 11.6 Å². The molecule has 4 heteroatoms. The first kappa shape index (κ1) is 12.0. The number of fused-ring (bicyclic) bond motifs is 6. The topological polar surface area (TPSA) is 30.2 Å². The summed E-state index contributed by atoms with van der Waals surface area (Å²) < 4.78 is 32.6. The number of benzene rings is 2. The summed E-state index contributed by atoms with van der Waals surface area (Å²) in [5, 5.41) is 0. The average molecular weight is 282 g/mol. The van der Waals surface area contributed by atoms with Gasteiger partial charge in [0.2, 0.25) is 0 Å². The summed E-state index contributed by atoms with van der Waals surface area (Å²) in [5.41, 5.74) is 1.48. The summed E-state index contributed by atoms with van der Waals surface area (Å²) in [4.78, 5) is 12.7. The predicted molar refractivity (Wildman–Crippen MR) is 72.9 cm³/mol. The molecule has 2 aromatic carbocycles. The Balaban J connectivity index is 2.11. The van der Waals surface area contributed by atoms with Gasteiger partial charge >= 0.3 is 0 Å². The summed E-state index contributed by atoms with van der Waals surface area (Å²) in [6.45, 7) is 0. The molecule has 0 N–H and O–H groups in total. The summed E-state index contributed by atoms with van der Waals surface area (Å²) in [7, 11) is 0. The fourth-order valence-corrected chi connectivity index (χ4v) is 2.61. The maximum absolute atomic E-state index is 13.5. The third-order valence-corrected chi connectivity index (χ3v) is 3.59. The summed E-state index contributed by atoms with van der Waals surface area (Å²) in [5.74, 6) is -0.383. The molecule has 0 saturated heterocycles. The summed E-state index contributed by atoms with van der Waals surface area (Å²) >= 11 is 0. The van der Waals surface area contributed by atoms with Gasteiger partial charge in [-0.05, 0) is 48.5 Å². The van der Waals surface area contributed by atoms with Crippen LogP contribution in [-0.4, -0.2) is 5.78 Å². The van der Waals surface area contributed by atoms with E-state index in [0.717, 1.165) is 0 Å². The van der Waals surface area contributed by atoms with Crippen molar-refractivity contribution in [1.29, 1.82) is 0 Å². The van der Waals surface area contributed by atoms with Gasteiger partial charge in [0.05, 0.1) is 0 Å². The van der Waals surface area contributed by atoms with Gasteiger partial charge in [-0.1, -0.05) is 0 Å². The molecule has 0 amide bonds. The predicted octanol–water partition coefficient (Wildman–Crippen LogP) is 4.44. The van der Waals surface area contributed by atoms with Crippen LogP contribution in [0.1, 0.15) is 15.9 Å². The van der Waals surface area contributed by atoms with Crippen molar-refractivity contribution < 1.29 is 18.0 Å². The van der Waals surface area contributed by atoms with Crippen LogP contribution in [0.5, 0.6) is 0 Å². The Hall–Kier alpha value is -2.75. The fourth-order valence-electron chi connectivity index (χ4n) is 2.61. The van der Waals surface area contributed by atoms with E-state index in [1.165, 1.54) is 36.4 Å². The van der Waals surface area contributed by atoms with E-state index >= 15 is 0 Å². The van der Waals surface area contributed by atoms with E-state index in [0.29, 0.717) is 33.8 Å². The van der Waals surface area contributed by atoms with Gasteiger partial charge in [-0.3, -0.25) is 4.79 Å². The number of rotatable bonds is 0. The van der Waals surface area contributed by atoms with Crippen molar-refractivity contribution in [2.45, 2.75) is 0 Å². The van der Waals surface area contributed by atoms with Crippen molar-refractivity contribution in [2.75, 3.05) is 0 Å². The Morgan fingerprint density at radius 3 is 1.62 bits per heavy atom. The molecule has 1 aliphatic heterocycles. The van der Waals surface area contributed by atoms with Crippen LogP contribution < -0.4 is 0 Å². The molecule has 102 valence electrons. The van der Waals surface area contributed by atoms with Crippen LogP contribution in [-0.2, 0) is 0 Å². The van der Waals surface area contributed by atoms with Gasteiger partial charge in [-0.15, -0.1) is 0 Å². The first-order valence-electron chi connectivity index (χ1n) is 6.38. The Bertz CT molecular complexity index is 824. The molecule has 0 spiro atoms. The first-order chi connectivity index (χ1) is 10.1. The maximum atomic E-state index is 13.5. The van der Waals surface area contributed by atoms with Crippen LogP contribution in [0.2, 0.25) is 0 Å². The van der Waals surface area contributed by atoms with Gasteiger partial charge in [0, 0.05) is 22.3 Å². The second-order valence-corrected chi connectivity index (χ2v) is 4.87. The minimum Gasteiger partial charge on any atom is -0.456 e. The van der Waals surface area contributed by atoms with Crippen LogP contribution in [0.15, 0.2) is 52.9 Å².